The maximum atomic E-state index is 14.2. The van der Waals surface area contributed by atoms with Crippen molar-refractivity contribution in [3.63, 3.8) is 0 Å². The van der Waals surface area contributed by atoms with Crippen LogP contribution in [-0.4, -0.2) is 16.1 Å². The maximum absolute atomic E-state index is 14.2. The van der Waals surface area contributed by atoms with E-state index in [1.807, 2.05) is 12.1 Å². The minimum Gasteiger partial charge on any atom is -0.483 e. The summed E-state index contributed by atoms with van der Waals surface area (Å²) in [6.07, 6.45) is 0.811. The van der Waals surface area contributed by atoms with Crippen LogP contribution < -0.4 is 4.74 Å². The lowest BCUT2D eigenvalue weighted by Gasteiger charge is -2.11. The summed E-state index contributed by atoms with van der Waals surface area (Å²) in [7, 11) is 0. The van der Waals surface area contributed by atoms with Crippen LogP contribution in [0.2, 0.25) is 10.2 Å². The first-order valence-corrected chi connectivity index (χ1v) is 9.64. The smallest absolute Gasteiger partial charge is 0.191 e. The van der Waals surface area contributed by atoms with E-state index < -0.39 is 17.4 Å². The molecule has 0 bridgehead atoms. The molecule has 3 rings (SSSR count). The summed E-state index contributed by atoms with van der Waals surface area (Å²) in [5.74, 6) is -2.06. The van der Waals surface area contributed by atoms with Gasteiger partial charge >= 0.3 is 0 Å². The molecule has 1 N–H and O–H groups in total. The molecule has 27 heavy (non-hydrogen) atoms. The lowest BCUT2D eigenvalue weighted by molar-refractivity contribution is 0.273. The van der Waals surface area contributed by atoms with E-state index in [9.17, 15) is 8.78 Å². The van der Waals surface area contributed by atoms with Crippen LogP contribution in [0.25, 0.3) is 10.4 Å². The first kappa shape index (κ1) is 20.0. The molecule has 0 saturated heterocycles. The third-order valence-electron chi connectivity index (χ3n) is 3.89. The normalized spacial score (nSPS) is 11.0. The number of nitrogens with zero attached hydrogens (tertiary/aromatic N) is 1. The molecular formula is C19H15Cl2F2NO2S. The third kappa shape index (κ3) is 4.76. The zero-order valence-corrected chi connectivity index (χ0v) is 16.3. The van der Waals surface area contributed by atoms with E-state index in [-0.39, 0.29) is 18.4 Å². The van der Waals surface area contributed by atoms with Crippen molar-refractivity contribution in [1.29, 1.82) is 0 Å². The van der Waals surface area contributed by atoms with Crippen LogP contribution in [0.15, 0.2) is 36.4 Å². The highest BCUT2D eigenvalue weighted by molar-refractivity contribution is 7.10. The lowest BCUT2D eigenvalue weighted by Crippen LogP contribution is -2.02. The average molecular weight is 430 g/mol. The Bertz CT molecular complexity index is 909. The molecule has 3 nitrogen and oxygen atoms in total. The summed E-state index contributed by atoms with van der Waals surface area (Å²) in [4.78, 5) is 0.747. The molecule has 0 aliphatic carbocycles. The molecule has 0 saturated carbocycles. The molecule has 8 heteroatoms. The van der Waals surface area contributed by atoms with Gasteiger partial charge in [0.05, 0.1) is 4.88 Å². The van der Waals surface area contributed by atoms with Gasteiger partial charge in [-0.3, -0.25) is 0 Å². The molecule has 1 aromatic heterocycles. The van der Waals surface area contributed by atoms with E-state index in [0.29, 0.717) is 29.0 Å². The summed E-state index contributed by atoms with van der Waals surface area (Å²) >= 11 is 13.2. The van der Waals surface area contributed by atoms with Crippen LogP contribution in [-0.2, 0) is 13.0 Å². The number of benzene rings is 2. The second-order valence-electron chi connectivity index (χ2n) is 5.79. The molecule has 1 heterocycles. The van der Waals surface area contributed by atoms with Gasteiger partial charge in [0.25, 0.3) is 0 Å². The van der Waals surface area contributed by atoms with Crippen molar-refractivity contribution in [2.45, 2.75) is 19.4 Å². The van der Waals surface area contributed by atoms with Crippen molar-refractivity contribution >= 4 is 34.7 Å². The van der Waals surface area contributed by atoms with Gasteiger partial charge in [-0.05, 0) is 59.8 Å². The number of aliphatic hydroxyl groups excluding tert-OH is 1. The first-order chi connectivity index (χ1) is 13.0. The summed E-state index contributed by atoms with van der Waals surface area (Å²) in [5.41, 5.74) is 1.85. The molecule has 0 aliphatic rings. The molecule has 0 fully saturated rings. The highest BCUT2D eigenvalue weighted by Gasteiger charge is 2.18. The number of hydrogen-bond donors (Lipinski definition) is 1. The highest BCUT2D eigenvalue weighted by atomic mass is 35.5. The average Bonchev–Trinajstić information content (AvgIpc) is 3.00. The lowest BCUT2D eigenvalue weighted by atomic mass is 10.1. The van der Waals surface area contributed by atoms with E-state index in [0.717, 1.165) is 10.4 Å². The van der Waals surface area contributed by atoms with Gasteiger partial charge in [0, 0.05) is 17.2 Å². The Balaban J connectivity index is 1.81. The minimum absolute atomic E-state index is 0.0430. The molecule has 2 aromatic carbocycles. The van der Waals surface area contributed by atoms with Gasteiger partial charge in [-0.15, -0.1) is 0 Å². The first-order valence-electron chi connectivity index (χ1n) is 8.11. The second kappa shape index (κ2) is 8.97. The van der Waals surface area contributed by atoms with Crippen LogP contribution in [0.4, 0.5) is 8.78 Å². The predicted molar refractivity (Wildman–Crippen MR) is 104 cm³/mol. The molecule has 0 aliphatic heterocycles. The molecule has 3 aromatic rings. The van der Waals surface area contributed by atoms with Gasteiger partial charge < -0.3 is 9.84 Å². The Morgan fingerprint density at radius 1 is 1.07 bits per heavy atom. The third-order valence-corrected chi connectivity index (χ3v) is 5.49. The fraction of sp³-hybridized carbons (Fsp3) is 0.211. The summed E-state index contributed by atoms with van der Waals surface area (Å²) in [5, 5.41) is 9.66. The number of halogens is 4. The maximum Gasteiger partial charge on any atom is 0.191 e. The number of hydrogen-bond acceptors (Lipinski definition) is 4. The van der Waals surface area contributed by atoms with Gasteiger partial charge in [-0.1, -0.05) is 35.3 Å². The van der Waals surface area contributed by atoms with Crippen LogP contribution in [0.5, 0.6) is 5.75 Å². The molecular weight excluding hydrogens is 415 g/mol. The summed E-state index contributed by atoms with van der Waals surface area (Å²) in [6, 6.07) is 9.52. The van der Waals surface area contributed by atoms with Crippen LogP contribution in [0.1, 0.15) is 17.5 Å². The Labute approximate surface area is 169 Å². The fourth-order valence-corrected chi connectivity index (χ4v) is 3.79. The van der Waals surface area contributed by atoms with E-state index >= 15 is 0 Å². The largest absolute Gasteiger partial charge is 0.483 e. The van der Waals surface area contributed by atoms with Gasteiger partial charge in [-0.25, -0.2) is 8.78 Å². The fourth-order valence-electron chi connectivity index (χ4n) is 2.57. The molecule has 0 amide bonds. The van der Waals surface area contributed by atoms with E-state index in [1.54, 1.807) is 12.1 Å². The molecule has 0 atom stereocenters. The molecule has 142 valence electrons. The number of ether oxygens (including phenoxy) is 1. The Hall–Kier alpha value is -1.73. The van der Waals surface area contributed by atoms with Gasteiger partial charge in [-0.2, -0.15) is 4.37 Å². The molecule has 0 radical (unpaired) electrons. The Kier molecular flexibility index (Phi) is 6.65. The number of aromatic nitrogens is 1. The molecule has 0 spiro atoms. The van der Waals surface area contributed by atoms with Crippen LogP contribution in [0, 0.1) is 11.6 Å². The zero-order valence-electron chi connectivity index (χ0n) is 14.0. The van der Waals surface area contributed by atoms with Crippen molar-refractivity contribution in [2.75, 3.05) is 6.61 Å². The zero-order chi connectivity index (χ0) is 19.4. The van der Waals surface area contributed by atoms with Crippen molar-refractivity contribution in [1.82, 2.24) is 4.37 Å². The Morgan fingerprint density at radius 2 is 1.74 bits per heavy atom. The monoisotopic (exact) mass is 429 g/mol. The quantitative estimate of drug-likeness (QED) is 0.508. The predicted octanol–water partition coefficient (Wildman–Crippen LogP) is 5.90. The van der Waals surface area contributed by atoms with Crippen molar-refractivity contribution in [3.8, 4) is 16.2 Å². The van der Waals surface area contributed by atoms with Gasteiger partial charge in [0.2, 0.25) is 0 Å². The SMILES string of the molecule is OCCCc1cc(F)c(OCc2c(Cl)nsc2-c2ccc(Cl)cc2)c(F)c1. The number of aryl methyl sites for hydroxylation is 1. The van der Waals surface area contributed by atoms with E-state index in [2.05, 4.69) is 4.37 Å². The topological polar surface area (TPSA) is 42.4 Å². The minimum atomic E-state index is -0.796. The number of aliphatic hydroxyl groups is 1. The second-order valence-corrected chi connectivity index (χ2v) is 7.36. The van der Waals surface area contributed by atoms with Crippen molar-refractivity contribution in [2.24, 2.45) is 0 Å². The van der Waals surface area contributed by atoms with Gasteiger partial charge in [0.15, 0.2) is 17.4 Å². The van der Waals surface area contributed by atoms with Crippen LogP contribution in [0.3, 0.4) is 0 Å². The number of rotatable bonds is 7. The van der Waals surface area contributed by atoms with E-state index in [1.165, 1.54) is 23.7 Å². The van der Waals surface area contributed by atoms with Crippen molar-refractivity contribution < 1.29 is 18.6 Å². The van der Waals surface area contributed by atoms with Gasteiger partial charge in [0.1, 0.15) is 11.8 Å². The molecule has 0 unspecified atom stereocenters. The standard InChI is InChI=1S/C19H15Cl2F2NO2S/c20-13-5-3-12(4-6-13)18-14(19(21)24-27-18)10-26-17-15(22)8-11(2-1-7-25)9-16(17)23/h3-6,8-9,25H,1-2,7,10H2. The summed E-state index contributed by atoms with van der Waals surface area (Å²) < 4.78 is 38.0. The Morgan fingerprint density at radius 3 is 2.37 bits per heavy atom. The van der Waals surface area contributed by atoms with E-state index in [4.69, 9.17) is 33.0 Å². The highest BCUT2D eigenvalue weighted by Crippen LogP contribution is 2.35. The van der Waals surface area contributed by atoms with Crippen LogP contribution >= 0.6 is 34.7 Å². The van der Waals surface area contributed by atoms with Crippen molar-refractivity contribution in [3.05, 3.63) is 69.3 Å². The summed E-state index contributed by atoms with van der Waals surface area (Å²) in [6.45, 7) is -0.171.